The zero-order chi connectivity index (χ0) is 22.4. The number of hydrazone groups is 1. The Morgan fingerprint density at radius 3 is 2.48 bits per heavy atom. The number of para-hydroxylation sites is 1. The van der Waals surface area contributed by atoms with Crippen molar-refractivity contribution in [3.63, 3.8) is 0 Å². The molecule has 0 aliphatic rings. The van der Waals surface area contributed by atoms with Crippen LogP contribution in [0.1, 0.15) is 21.5 Å². The molecule has 3 rings (SSSR count). The van der Waals surface area contributed by atoms with Gasteiger partial charge in [0.1, 0.15) is 18.1 Å². The average molecular weight is 587 g/mol. The van der Waals surface area contributed by atoms with Gasteiger partial charge in [-0.25, -0.2) is 5.43 Å². The summed E-state index contributed by atoms with van der Waals surface area (Å²) in [4.78, 5) is 12.3. The number of rotatable bonds is 7. The molecule has 0 unspecified atom stereocenters. The Kier molecular flexibility index (Phi) is 8.37. The number of halogens is 4. The van der Waals surface area contributed by atoms with Crippen LogP contribution in [0.4, 0.5) is 0 Å². The molecule has 0 fully saturated rings. The van der Waals surface area contributed by atoms with Gasteiger partial charge in [0, 0.05) is 15.6 Å². The molecule has 0 radical (unpaired) electrons. The number of ether oxygens (including phenoxy) is 2. The molecular weight excluding hydrogens is 571 g/mol. The van der Waals surface area contributed by atoms with E-state index in [0.29, 0.717) is 36.1 Å². The molecule has 0 saturated carbocycles. The second-order valence-corrected chi connectivity index (χ2v) is 8.79. The second kappa shape index (κ2) is 11.0. The van der Waals surface area contributed by atoms with Crippen LogP contribution in [0.2, 0.25) is 10.0 Å². The van der Waals surface area contributed by atoms with Crippen molar-refractivity contribution < 1.29 is 14.3 Å². The van der Waals surface area contributed by atoms with Gasteiger partial charge < -0.3 is 9.47 Å². The molecule has 0 spiro atoms. The molecule has 3 aromatic rings. The number of benzene rings is 3. The lowest BCUT2D eigenvalue weighted by Crippen LogP contribution is -2.18. The molecule has 5 nitrogen and oxygen atoms in total. The molecule has 160 valence electrons. The summed E-state index contributed by atoms with van der Waals surface area (Å²) >= 11 is 19.1. The van der Waals surface area contributed by atoms with E-state index >= 15 is 0 Å². The van der Waals surface area contributed by atoms with Crippen LogP contribution in [0.25, 0.3) is 0 Å². The molecule has 0 heterocycles. The van der Waals surface area contributed by atoms with Gasteiger partial charge in [0.2, 0.25) is 0 Å². The van der Waals surface area contributed by atoms with E-state index < -0.39 is 0 Å². The molecule has 0 aliphatic heterocycles. The summed E-state index contributed by atoms with van der Waals surface area (Å²) in [6.45, 7) is 0.273. The maximum absolute atomic E-state index is 12.3. The third-order valence-electron chi connectivity index (χ3n) is 4.14. The average Bonchev–Trinajstić information content (AvgIpc) is 2.74. The summed E-state index contributed by atoms with van der Waals surface area (Å²) < 4.78 is 12.5. The van der Waals surface area contributed by atoms with Crippen LogP contribution < -0.4 is 14.9 Å². The first-order valence-corrected chi connectivity index (χ1v) is 11.3. The normalized spacial score (nSPS) is 10.9. The molecule has 9 heteroatoms. The van der Waals surface area contributed by atoms with Crippen LogP contribution in [-0.4, -0.2) is 19.2 Å². The molecule has 3 aromatic carbocycles. The second-order valence-electron chi connectivity index (χ2n) is 6.24. The van der Waals surface area contributed by atoms with Crippen molar-refractivity contribution >= 4 is 67.2 Å². The molecule has 0 aromatic heterocycles. The number of carbonyl (C=O) groups is 1. The number of carbonyl (C=O) groups excluding carboxylic acids is 1. The number of hydrogen-bond donors (Lipinski definition) is 1. The van der Waals surface area contributed by atoms with Crippen LogP contribution in [0, 0.1) is 0 Å². The van der Waals surface area contributed by atoms with E-state index in [4.69, 9.17) is 32.7 Å². The van der Waals surface area contributed by atoms with Gasteiger partial charge in [0.25, 0.3) is 5.91 Å². The largest absolute Gasteiger partial charge is 0.496 e. The summed E-state index contributed by atoms with van der Waals surface area (Å²) in [7, 11) is 1.51. The molecule has 0 bridgehead atoms. The molecule has 0 atom stereocenters. The van der Waals surface area contributed by atoms with Gasteiger partial charge in [0.05, 0.1) is 27.8 Å². The van der Waals surface area contributed by atoms with E-state index in [1.165, 1.54) is 13.3 Å². The predicted octanol–water partition coefficient (Wildman–Crippen LogP) is 6.87. The van der Waals surface area contributed by atoms with Crippen molar-refractivity contribution in [1.29, 1.82) is 0 Å². The highest BCUT2D eigenvalue weighted by Gasteiger charge is 2.12. The van der Waals surface area contributed by atoms with Crippen molar-refractivity contribution in [3.8, 4) is 11.5 Å². The van der Waals surface area contributed by atoms with Crippen LogP contribution in [0.5, 0.6) is 11.5 Å². The van der Waals surface area contributed by atoms with E-state index in [1.54, 1.807) is 36.4 Å². The third-order valence-corrected chi connectivity index (χ3v) is 5.90. The zero-order valence-corrected chi connectivity index (χ0v) is 20.8. The third kappa shape index (κ3) is 6.23. The SMILES string of the molecule is COc1ccccc1C(=O)N/N=C\c1cc(Br)c(OCc2ccc(Cl)cc2Cl)c(Br)c1. The standard InChI is InChI=1S/C22H16Br2Cl2N2O3/c1-30-20-5-3-2-4-16(20)22(29)28-27-11-13-8-17(23)21(18(24)9-13)31-12-14-6-7-15(25)10-19(14)26/h2-11H,12H2,1H3,(H,28,29)/b27-11-. The maximum Gasteiger partial charge on any atom is 0.275 e. The summed E-state index contributed by atoms with van der Waals surface area (Å²) in [5.74, 6) is 0.718. The lowest BCUT2D eigenvalue weighted by Gasteiger charge is -2.12. The molecule has 31 heavy (non-hydrogen) atoms. The summed E-state index contributed by atoms with van der Waals surface area (Å²) in [5.41, 5.74) is 4.45. The van der Waals surface area contributed by atoms with Crippen LogP contribution >= 0.6 is 55.1 Å². The van der Waals surface area contributed by atoms with Gasteiger partial charge in [-0.15, -0.1) is 0 Å². The molecule has 1 amide bonds. The van der Waals surface area contributed by atoms with Gasteiger partial charge in [-0.2, -0.15) is 5.10 Å². The van der Waals surface area contributed by atoms with Crippen LogP contribution in [-0.2, 0) is 6.61 Å². The summed E-state index contributed by atoms with van der Waals surface area (Å²) in [6, 6.07) is 15.8. The first kappa shape index (κ1) is 23.6. The smallest absolute Gasteiger partial charge is 0.275 e. The maximum atomic E-state index is 12.3. The zero-order valence-electron chi connectivity index (χ0n) is 16.2. The summed E-state index contributed by atoms with van der Waals surface area (Å²) in [6.07, 6.45) is 1.53. The minimum Gasteiger partial charge on any atom is -0.496 e. The number of nitrogens with zero attached hydrogens (tertiary/aromatic N) is 1. The lowest BCUT2D eigenvalue weighted by molar-refractivity contribution is 0.0952. The Hall–Kier alpha value is -2.06. The van der Waals surface area contributed by atoms with Gasteiger partial charge in [-0.1, -0.05) is 41.4 Å². The van der Waals surface area contributed by atoms with Gasteiger partial charge in [-0.05, 0) is 73.8 Å². The molecule has 0 saturated heterocycles. The van der Waals surface area contributed by atoms with E-state index in [9.17, 15) is 4.79 Å². The van der Waals surface area contributed by atoms with E-state index in [-0.39, 0.29) is 12.5 Å². The van der Waals surface area contributed by atoms with Gasteiger partial charge in [0.15, 0.2) is 0 Å². The van der Waals surface area contributed by atoms with Crippen molar-refractivity contribution in [1.82, 2.24) is 5.43 Å². The van der Waals surface area contributed by atoms with E-state index in [1.807, 2.05) is 18.2 Å². The fourth-order valence-electron chi connectivity index (χ4n) is 2.64. The quantitative estimate of drug-likeness (QED) is 0.243. The van der Waals surface area contributed by atoms with Crippen molar-refractivity contribution in [3.05, 3.63) is 90.3 Å². The number of methoxy groups -OCH3 is 1. The Morgan fingerprint density at radius 2 is 1.81 bits per heavy atom. The fourth-order valence-corrected chi connectivity index (χ4v) is 4.55. The Balaban J connectivity index is 1.67. The predicted molar refractivity (Wildman–Crippen MR) is 131 cm³/mol. The van der Waals surface area contributed by atoms with Crippen molar-refractivity contribution in [2.45, 2.75) is 6.61 Å². The number of nitrogens with one attached hydrogen (secondary N) is 1. The lowest BCUT2D eigenvalue weighted by atomic mass is 10.2. The highest BCUT2D eigenvalue weighted by molar-refractivity contribution is 9.11. The fraction of sp³-hybridized carbons (Fsp3) is 0.0909. The minimum absolute atomic E-state index is 0.273. The Labute approximate surface area is 206 Å². The van der Waals surface area contributed by atoms with Crippen molar-refractivity contribution in [2.24, 2.45) is 5.10 Å². The monoisotopic (exact) mass is 584 g/mol. The Morgan fingerprint density at radius 1 is 1.10 bits per heavy atom. The molecule has 0 aliphatic carbocycles. The van der Waals surface area contributed by atoms with Crippen LogP contribution in [0.3, 0.4) is 0 Å². The van der Waals surface area contributed by atoms with Gasteiger partial charge in [-0.3, -0.25) is 4.79 Å². The Bertz CT molecular complexity index is 1120. The topological polar surface area (TPSA) is 59.9 Å². The summed E-state index contributed by atoms with van der Waals surface area (Å²) in [5, 5.41) is 5.13. The molecular formula is C22H16Br2Cl2N2O3. The molecule has 1 N–H and O–H groups in total. The highest BCUT2D eigenvalue weighted by Crippen LogP contribution is 2.35. The van der Waals surface area contributed by atoms with E-state index in [2.05, 4.69) is 42.4 Å². The van der Waals surface area contributed by atoms with Crippen LogP contribution in [0.15, 0.2) is 68.6 Å². The highest BCUT2D eigenvalue weighted by atomic mass is 79.9. The first-order valence-electron chi connectivity index (χ1n) is 8.91. The number of hydrogen-bond acceptors (Lipinski definition) is 4. The van der Waals surface area contributed by atoms with E-state index in [0.717, 1.165) is 11.1 Å². The van der Waals surface area contributed by atoms with Gasteiger partial charge >= 0.3 is 0 Å². The number of amides is 1. The first-order chi connectivity index (χ1) is 14.9. The minimum atomic E-state index is -0.369. The van der Waals surface area contributed by atoms with Crippen molar-refractivity contribution in [2.75, 3.05) is 7.11 Å².